The van der Waals surface area contributed by atoms with Crippen molar-refractivity contribution in [2.24, 2.45) is 0 Å². The number of rotatable bonds is 9. The molecule has 0 saturated heterocycles. The topological polar surface area (TPSA) is 105 Å². The maximum Gasteiger partial charge on any atom is 0.257 e. The number of H-pyrrole nitrogens is 1. The molecule has 3 aromatic rings. The lowest BCUT2D eigenvalue weighted by Gasteiger charge is -2.08. The Balaban J connectivity index is 0.00000320. The van der Waals surface area contributed by atoms with Crippen molar-refractivity contribution in [2.75, 3.05) is 27.4 Å². The SMILES string of the molecule is CNCc1ccc(CNC(=O)c2c[nH]c3ccc(OCCOC)nc3c2=O)cc1.Cl. The van der Waals surface area contributed by atoms with Crippen LogP contribution in [0, 0.1) is 0 Å². The first-order valence-electron chi connectivity index (χ1n) is 9.27. The van der Waals surface area contributed by atoms with Crippen molar-refractivity contribution in [3.05, 3.63) is 69.5 Å². The molecule has 0 aliphatic heterocycles. The van der Waals surface area contributed by atoms with Crippen LogP contribution in [0.5, 0.6) is 5.88 Å². The Morgan fingerprint density at radius 3 is 2.43 bits per heavy atom. The van der Waals surface area contributed by atoms with Gasteiger partial charge in [-0.1, -0.05) is 24.3 Å². The normalized spacial score (nSPS) is 10.5. The molecular formula is C21H25ClN4O4. The smallest absolute Gasteiger partial charge is 0.257 e. The predicted molar refractivity (Wildman–Crippen MR) is 117 cm³/mol. The summed E-state index contributed by atoms with van der Waals surface area (Å²) < 4.78 is 10.4. The van der Waals surface area contributed by atoms with Crippen molar-refractivity contribution >= 4 is 29.3 Å². The summed E-state index contributed by atoms with van der Waals surface area (Å²) in [5.74, 6) is -0.153. The zero-order valence-corrected chi connectivity index (χ0v) is 17.7. The number of halogens is 1. The first kappa shape index (κ1) is 23.3. The van der Waals surface area contributed by atoms with Gasteiger partial charge in [0, 0.05) is 32.5 Å². The minimum absolute atomic E-state index is 0. The number of nitrogens with one attached hydrogen (secondary N) is 3. The molecule has 160 valence electrons. The maximum absolute atomic E-state index is 12.7. The third kappa shape index (κ3) is 5.79. The average Bonchev–Trinajstić information content (AvgIpc) is 2.74. The molecule has 0 atom stereocenters. The number of fused-ring (bicyclic) bond motifs is 1. The number of benzene rings is 1. The predicted octanol–water partition coefficient (Wildman–Crippen LogP) is 2.02. The second-order valence-electron chi connectivity index (χ2n) is 6.45. The molecule has 3 N–H and O–H groups in total. The van der Waals surface area contributed by atoms with Gasteiger partial charge in [-0.05, 0) is 24.2 Å². The molecule has 1 amide bonds. The molecule has 0 spiro atoms. The number of ether oxygens (including phenoxy) is 2. The van der Waals surface area contributed by atoms with E-state index in [-0.39, 0.29) is 23.5 Å². The van der Waals surface area contributed by atoms with E-state index in [9.17, 15) is 9.59 Å². The number of hydrogen-bond donors (Lipinski definition) is 3. The fourth-order valence-corrected chi connectivity index (χ4v) is 2.81. The molecule has 0 unspecified atom stereocenters. The molecule has 0 aliphatic rings. The first-order chi connectivity index (χ1) is 14.1. The Bertz CT molecular complexity index is 1040. The lowest BCUT2D eigenvalue weighted by Crippen LogP contribution is -2.28. The molecular weight excluding hydrogens is 408 g/mol. The van der Waals surface area contributed by atoms with Crippen LogP contribution in [0.25, 0.3) is 11.0 Å². The zero-order valence-electron chi connectivity index (χ0n) is 16.9. The van der Waals surface area contributed by atoms with E-state index >= 15 is 0 Å². The standard InChI is InChI=1S/C21H24N4O4.ClH/c1-22-11-14-3-5-15(6-4-14)12-24-21(27)16-13-23-17-7-8-18(29-10-9-28-2)25-19(17)20(16)26;/h3-8,13,22H,9-12H2,1-2H3,(H,23,26)(H,24,27);1H. The average molecular weight is 433 g/mol. The molecule has 30 heavy (non-hydrogen) atoms. The number of hydrogen-bond acceptors (Lipinski definition) is 6. The van der Waals surface area contributed by atoms with Crippen molar-refractivity contribution in [3.8, 4) is 5.88 Å². The second kappa shape index (κ2) is 11.3. The van der Waals surface area contributed by atoms with Crippen LogP contribution in [0.3, 0.4) is 0 Å². The van der Waals surface area contributed by atoms with Crippen molar-refractivity contribution in [2.45, 2.75) is 13.1 Å². The van der Waals surface area contributed by atoms with Crippen LogP contribution in [0.2, 0.25) is 0 Å². The van der Waals surface area contributed by atoms with E-state index in [1.807, 2.05) is 31.3 Å². The maximum atomic E-state index is 12.7. The Labute approximate surface area is 180 Å². The van der Waals surface area contributed by atoms with Crippen LogP contribution in [0.1, 0.15) is 21.5 Å². The van der Waals surface area contributed by atoms with E-state index < -0.39 is 11.3 Å². The van der Waals surface area contributed by atoms with Crippen LogP contribution in [0.4, 0.5) is 0 Å². The van der Waals surface area contributed by atoms with E-state index in [0.717, 1.165) is 17.7 Å². The summed E-state index contributed by atoms with van der Waals surface area (Å²) in [6.45, 7) is 1.83. The molecule has 0 radical (unpaired) electrons. The highest BCUT2D eigenvalue weighted by Crippen LogP contribution is 2.13. The van der Waals surface area contributed by atoms with Gasteiger partial charge in [0.05, 0.1) is 12.1 Å². The van der Waals surface area contributed by atoms with Gasteiger partial charge in [-0.2, -0.15) is 0 Å². The molecule has 0 saturated carbocycles. The molecule has 1 aromatic carbocycles. The van der Waals surface area contributed by atoms with Crippen LogP contribution in [-0.4, -0.2) is 43.2 Å². The summed E-state index contributed by atoms with van der Waals surface area (Å²) in [5.41, 5.74) is 2.35. The Hall–Kier alpha value is -2.94. The van der Waals surface area contributed by atoms with Crippen LogP contribution >= 0.6 is 12.4 Å². The van der Waals surface area contributed by atoms with Crippen LogP contribution in [0.15, 0.2) is 47.4 Å². The molecule has 2 heterocycles. The summed E-state index contributed by atoms with van der Waals surface area (Å²) in [5, 5.41) is 5.86. The largest absolute Gasteiger partial charge is 0.475 e. The van der Waals surface area contributed by atoms with Gasteiger partial charge in [0.1, 0.15) is 17.7 Å². The van der Waals surface area contributed by atoms with Crippen molar-refractivity contribution < 1.29 is 14.3 Å². The first-order valence-corrected chi connectivity index (χ1v) is 9.27. The molecule has 8 nitrogen and oxygen atoms in total. The van der Waals surface area contributed by atoms with E-state index in [2.05, 4.69) is 20.6 Å². The van der Waals surface area contributed by atoms with Gasteiger partial charge >= 0.3 is 0 Å². The number of pyridine rings is 2. The third-order valence-corrected chi connectivity index (χ3v) is 4.34. The summed E-state index contributed by atoms with van der Waals surface area (Å²) in [4.78, 5) is 32.5. The number of carbonyl (C=O) groups is 1. The highest BCUT2D eigenvalue weighted by Gasteiger charge is 2.14. The number of aromatic nitrogens is 2. The lowest BCUT2D eigenvalue weighted by molar-refractivity contribution is 0.0949. The minimum atomic E-state index is -0.458. The molecule has 0 bridgehead atoms. The fourth-order valence-electron chi connectivity index (χ4n) is 2.81. The van der Waals surface area contributed by atoms with Crippen molar-refractivity contribution in [1.29, 1.82) is 0 Å². The van der Waals surface area contributed by atoms with Gasteiger partial charge in [-0.15, -0.1) is 12.4 Å². The van der Waals surface area contributed by atoms with Crippen molar-refractivity contribution in [1.82, 2.24) is 20.6 Å². The highest BCUT2D eigenvalue weighted by molar-refractivity contribution is 5.96. The number of aromatic amines is 1. The van der Waals surface area contributed by atoms with E-state index in [1.165, 1.54) is 6.20 Å². The van der Waals surface area contributed by atoms with Crippen LogP contribution < -0.4 is 20.8 Å². The van der Waals surface area contributed by atoms with E-state index in [4.69, 9.17) is 9.47 Å². The van der Waals surface area contributed by atoms with Gasteiger partial charge in [0.2, 0.25) is 11.3 Å². The van der Waals surface area contributed by atoms with Crippen molar-refractivity contribution in [3.63, 3.8) is 0 Å². The summed E-state index contributed by atoms with van der Waals surface area (Å²) >= 11 is 0. The number of amides is 1. The lowest BCUT2D eigenvalue weighted by atomic mass is 10.1. The Morgan fingerprint density at radius 1 is 1.07 bits per heavy atom. The Kier molecular flexibility index (Phi) is 8.79. The summed E-state index contributed by atoms with van der Waals surface area (Å²) in [6.07, 6.45) is 1.41. The molecule has 2 aromatic heterocycles. The second-order valence-corrected chi connectivity index (χ2v) is 6.45. The van der Waals surface area contributed by atoms with Gasteiger partial charge in [-0.25, -0.2) is 4.98 Å². The number of nitrogens with zero attached hydrogens (tertiary/aromatic N) is 1. The van der Waals surface area contributed by atoms with Gasteiger partial charge in [-0.3, -0.25) is 9.59 Å². The molecule has 0 fully saturated rings. The summed E-state index contributed by atoms with van der Waals surface area (Å²) in [6, 6.07) is 11.2. The van der Waals surface area contributed by atoms with Gasteiger partial charge in [0.15, 0.2) is 0 Å². The van der Waals surface area contributed by atoms with Gasteiger partial charge in [0.25, 0.3) is 5.91 Å². The number of methoxy groups -OCH3 is 1. The monoisotopic (exact) mass is 432 g/mol. The van der Waals surface area contributed by atoms with E-state index in [0.29, 0.717) is 31.2 Å². The third-order valence-electron chi connectivity index (χ3n) is 4.34. The van der Waals surface area contributed by atoms with Gasteiger partial charge < -0.3 is 25.1 Å². The molecule has 3 rings (SSSR count). The van der Waals surface area contributed by atoms with Crippen LogP contribution in [-0.2, 0) is 17.8 Å². The zero-order chi connectivity index (χ0) is 20.6. The molecule has 9 heteroatoms. The quantitative estimate of drug-likeness (QED) is 0.447. The number of carbonyl (C=O) groups excluding carboxylic acids is 1. The summed E-state index contributed by atoms with van der Waals surface area (Å²) in [7, 11) is 3.46. The highest BCUT2D eigenvalue weighted by atomic mass is 35.5. The fraction of sp³-hybridized carbons (Fsp3) is 0.286. The minimum Gasteiger partial charge on any atom is -0.475 e. The molecule has 0 aliphatic carbocycles. The Morgan fingerprint density at radius 2 is 1.77 bits per heavy atom. The van der Waals surface area contributed by atoms with E-state index in [1.54, 1.807) is 19.2 Å².